The largest absolute Gasteiger partial charge is 0.530 e. The zero-order chi connectivity index (χ0) is 19.1. The van der Waals surface area contributed by atoms with Crippen LogP contribution in [0.25, 0.3) is 0 Å². The monoisotopic (exact) mass is 404 g/mol. The van der Waals surface area contributed by atoms with Crippen molar-refractivity contribution in [3.05, 3.63) is 29.8 Å². The molecule has 0 atom stereocenters. The topological polar surface area (TPSA) is 65.0 Å². The predicted molar refractivity (Wildman–Crippen MR) is 109 cm³/mol. The molecule has 0 aromatic heterocycles. The summed E-state index contributed by atoms with van der Waals surface area (Å²) in [4.78, 5) is 0. The fraction of sp³-hybridized carbons (Fsp3) is 0.647. The highest BCUT2D eigenvalue weighted by atomic mass is 31.2. The summed E-state index contributed by atoms with van der Waals surface area (Å²) in [5.74, 6) is 0.342. The summed E-state index contributed by atoms with van der Waals surface area (Å²) in [5, 5.41) is 9.44. The first kappa shape index (κ1) is 22.6. The second-order valence-electron chi connectivity index (χ2n) is 8.59. The van der Waals surface area contributed by atoms with E-state index in [1.54, 1.807) is 24.3 Å². The minimum Gasteiger partial charge on any atom is -0.404 e. The van der Waals surface area contributed by atoms with Gasteiger partial charge in [-0.3, -0.25) is 9.05 Å². The van der Waals surface area contributed by atoms with Crippen LogP contribution >= 0.6 is 7.82 Å². The fourth-order valence-electron chi connectivity index (χ4n) is 1.86. The van der Waals surface area contributed by atoms with Crippen molar-refractivity contribution >= 4 is 24.0 Å². The Morgan fingerprint density at radius 2 is 1.40 bits per heavy atom. The quantitative estimate of drug-likeness (QED) is 0.396. The van der Waals surface area contributed by atoms with Crippen LogP contribution in [0.2, 0.25) is 51.4 Å². The van der Waals surface area contributed by atoms with Gasteiger partial charge >= 0.3 is 7.82 Å². The molecule has 5 nitrogen and oxygen atoms in total. The molecule has 0 bridgehead atoms. The first-order chi connectivity index (χ1) is 11.4. The van der Waals surface area contributed by atoms with Crippen LogP contribution < -0.4 is 4.52 Å². The van der Waals surface area contributed by atoms with Crippen molar-refractivity contribution < 1.29 is 23.2 Å². The number of para-hydroxylation sites is 1. The van der Waals surface area contributed by atoms with E-state index in [-0.39, 0.29) is 6.61 Å². The molecule has 0 saturated carbocycles. The second kappa shape index (κ2) is 9.49. The number of hydrogen-bond donors (Lipinski definition) is 1. The Hall–Kier alpha value is -0.436. The summed E-state index contributed by atoms with van der Waals surface area (Å²) in [6.45, 7) is 13.9. The first-order valence-corrected chi connectivity index (χ1v) is 17.6. The van der Waals surface area contributed by atoms with Gasteiger partial charge in [-0.1, -0.05) is 57.5 Å². The molecule has 1 aromatic rings. The van der Waals surface area contributed by atoms with E-state index in [1.165, 1.54) is 0 Å². The highest BCUT2D eigenvalue weighted by molar-refractivity contribution is 7.49. The van der Waals surface area contributed by atoms with Gasteiger partial charge in [0.1, 0.15) is 5.75 Å². The van der Waals surface area contributed by atoms with E-state index >= 15 is 0 Å². The van der Waals surface area contributed by atoms with Crippen molar-refractivity contribution in [3.63, 3.8) is 0 Å². The van der Waals surface area contributed by atoms with E-state index in [0.717, 1.165) is 12.1 Å². The number of benzene rings is 1. The minimum atomic E-state index is -3.72. The Labute approximate surface area is 154 Å². The van der Waals surface area contributed by atoms with E-state index in [2.05, 4.69) is 39.3 Å². The average Bonchev–Trinajstić information content (AvgIpc) is 2.45. The van der Waals surface area contributed by atoms with Crippen LogP contribution in [-0.4, -0.2) is 34.5 Å². The van der Waals surface area contributed by atoms with Gasteiger partial charge in [-0.25, -0.2) is 4.57 Å². The number of hydrogen-bond acceptors (Lipinski definition) is 5. The van der Waals surface area contributed by atoms with Crippen LogP contribution in [-0.2, 0) is 20.2 Å². The zero-order valence-electron chi connectivity index (χ0n) is 16.4. The lowest BCUT2D eigenvalue weighted by Crippen LogP contribution is -2.23. The summed E-state index contributed by atoms with van der Waals surface area (Å²) >= 11 is 0. The van der Waals surface area contributed by atoms with Gasteiger partial charge < -0.3 is 9.63 Å². The fourth-order valence-corrected chi connectivity index (χ4v) is 4.86. The summed E-state index contributed by atoms with van der Waals surface area (Å²) in [6.07, 6.45) is 0. The van der Waals surface area contributed by atoms with Crippen LogP contribution in [0, 0.1) is 0 Å². The maximum Gasteiger partial charge on any atom is 0.530 e. The third-order valence-corrected chi connectivity index (χ3v) is 8.38. The molecular formula is C17H33O5PSi2. The number of aliphatic hydroxyl groups excluding tert-OH is 1. The van der Waals surface area contributed by atoms with Crippen LogP contribution in [0.5, 0.6) is 5.75 Å². The molecule has 1 N–H and O–H groups in total. The molecule has 0 heterocycles. The summed E-state index contributed by atoms with van der Waals surface area (Å²) in [7, 11) is -6.36. The molecule has 0 spiro atoms. The van der Waals surface area contributed by atoms with Crippen LogP contribution in [0.15, 0.2) is 24.3 Å². The van der Waals surface area contributed by atoms with Gasteiger partial charge in [0.25, 0.3) is 0 Å². The van der Waals surface area contributed by atoms with Gasteiger partial charge in [0.15, 0.2) is 0 Å². The molecular weight excluding hydrogens is 371 g/mol. The van der Waals surface area contributed by atoms with E-state index in [1.807, 2.05) is 0 Å². The lowest BCUT2D eigenvalue weighted by atomic mass is 10.2. The predicted octanol–water partition coefficient (Wildman–Crippen LogP) is 5.38. The number of phosphoric acid groups is 1. The molecule has 1 rings (SSSR count). The van der Waals surface area contributed by atoms with E-state index < -0.39 is 24.0 Å². The highest BCUT2D eigenvalue weighted by Gasteiger charge is 2.31. The molecule has 144 valence electrons. The Balaban J connectivity index is 2.83. The van der Waals surface area contributed by atoms with Gasteiger partial charge in [0.2, 0.25) is 0 Å². The van der Waals surface area contributed by atoms with Crippen LogP contribution in [0.1, 0.15) is 5.56 Å². The molecule has 0 amide bonds. The van der Waals surface area contributed by atoms with Crippen molar-refractivity contribution in [1.82, 2.24) is 0 Å². The summed E-state index contributed by atoms with van der Waals surface area (Å²) in [6, 6.07) is 8.70. The van der Waals surface area contributed by atoms with E-state index in [4.69, 9.17) is 13.6 Å². The van der Waals surface area contributed by atoms with E-state index in [9.17, 15) is 9.67 Å². The van der Waals surface area contributed by atoms with Crippen molar-refractivity contribution in [3.8, 4) is 5.75 Å². The minimum absolute atomic E-state index is 0.194. The van der Waals surface area contributed by atoms with Gasteiger partial charge in [0, 0.05) is 21.7 Å². The molecule has 0 aliphatic heterocycles. The third-order valence-electron chi connectivity index (χ3n) is 3.56. The smallest absolute Gasteiger partial charge is 0.404 e. The van der Waals surface area contributed by atoms with Crippen LogP contribution in [0.3, 0.4) is 0 Å². The zero-order valence-corrected chi connectivity index (χ0v) is 19.3. The normalized spacial score (nSPS) is 13.1. The van der Waals surface area contributed by atoms with Crippen molar-refractivity contribution in [1.29, 1.82) is 0 Å². The van der Waals surface area contributed by atoms with E-state index in [0.29, 0.717) is 24.5 Å². The maximum absolute atomic E-state index is 13.1. The lowest BCUT2D eigenvalue weighted by Gasteiger charge is -2.23. The number of phosphoric ester groups is 1. The molecule has 0 aliphatic carbocycles. The number of aliphatic hydroxyl groups is 1. The van der Waals surface area contributed by atoms with Crippen molar-refractivity contribution in [2.45, 2.75) is 58.0 Å². The van der Waals surface area contributed by atoms with Crippen molar-refractivity contribution in [2.75, 3.05) is 13.2 Å². The third kappa shape index (κ3) is 9.73. The first-order valence-electron chi connectivity index (χ1n) is 8.72. The van der Waals surface area contributed by atoms with Gasteiger partial charge in [-0.2, -0.15) is 0 Å². The molecule has 8 heteroatoms. The molecule has 0 unspecified atom stereocenters. The molecule has 0 saturated heterocycles. The van der Waals surface area contributed by atoms with Crippen LogP contribution in [0.4, 0.5) is 0 Å². The van der Waals surface area contributed by atoms with Gasteiger partial charge in [0.05, 0.1) is 19.8 Å². The Bertz CT molecular complexity index is 557. The van der Waals surface area contributed by atoms with Crippen molar-refractivity contribution in [2.24, 2.45) is 0 Å². The van der Waals surface area contributed by atoms with Gasteiger partial charge in [-0.15, -0.1) is 0 Å². The number of rotatable bonds is 11. The molecule has 25 heavy (non-hydrogen) atoms. The Morgan fingerprint density at radius 1 is 0.920 bits per heavy atom. The standard InChI is InChI=1S/C17H33O5PSi2/c1-24(2,3)13-11-20-23(19,21-12-14-25(4,5)6)22-17-10-8-7-9-16(17)15-18/h7-10,18H,11-15H2,1-6H3. The lowest BCUT2D eigenvalue weighted by molar-refractivity contribution is 0.165. The van der Waals surface area contributed by atoms with Gasteiger partial charge in [-0.05, 0) is 18.2 Å². The molecule has 0 fully saturated rings. The summed E-state index contributed by atoms with van der Waals surface area (Å²) < 4.78 is 29.9. The maximum atomic E-state index is 13.1. The SMILES string of the molecule is C[Si](C)(C)CCOP(=O)(OCC[Si](C)(C)C)Oc1ccccc1CO. The molecule has 0 aliphatic rings. The summed E-state index contributed by atoms with van der Waals surface area (Å²) in [5.41, 5.74) is 0.560. The Morgan fingerprint density at radius 3 is 1.84 bits per heavy atom. The molecule has 1 aromatic carbocycles. The highest BCUT2D eigenvalue weighted by Crippen LogP contribution is 2.50. The average molecular weight is 405 g/mol. The second-order valence-corrected chi connectivity index (χ2v) is 21.4. The molecule has 0 radical (unpaired) electrons. The Kier molecular flexibility index (Phi) is 8.58.